The maximum Gasteiger partial charge on any atom is 0.183 e. The van der Waals surface area contributed by atoms with E-state index < -0.39 is 0 Å². The van der Waals surface area contributed by atoms with Gasteiger partial charge in [0.25, 0.3) is 0 Å². The van der Waals surface area contributed by atoms with E-state index in [2.05, 4.69) is 78.1 Å². The van der Waals surface area contributed by atoms with Gasteiger partial charge in [-0.1, -0.05) is 136 Å². The zero-order valence-electron chi connectivity index (χ0n) is 22.5. The summed E-state index contributed by atoms with van der Waals surface area (Å²) in [7, 11) is 0. The van der Waals surface area contributed by atoms with Crippen molar-refractivity contribution >= 4 is 11.9 Å². The highest BCUT2D eigenvalue weighted by atomic mass is 16.1. The number of allylic oxidation sites excluding steroid dienone is 3. The van der Waals surface area contributed by atoms with Gasteiger partial charge in [0, 0.05) is 11.3 Å². The second-order valence-electron chi connectivity index (χ2n) is 11.0. The summed E-state index contributed by atoms with van der Waals surface area (Å²) < 4.78 is 0. The van der Waals surface area contributed by atoms with Crippen LogP contribution in [0.1, 0.15) is 86.9 Å². The molecule has 0 bridgehead atoms. The van der Waals surface area contributed by atoms with Crippen LogP contribution in [0, 0.1) is 11.8 Å². The summed E-state index contributed by atoms with van der Waals surface area (Å²) in [6.45, 7) is 0. The molecule has 0 saturated heterocycles. The summed E-state index contributed by atoms with van der Waals surface area (Å²) in [5, 5.41) is 4.06. The summed E-state index contributed by atoms with van der Waals surface area (Å²) in [6, 6.07) is 31.7. The van der Waals surface area contributed by atoms with Gasteiger partial charge in [0.1, 0.15) is 0 Å². The molecule has 0 radical (unpaired) electrons. The number of carbonyl (C=O) groups is 1. The first-order valence-corrected chi connectivity index (χ1v) is 14.7. The van der Waals surface area contributed by atoms with Crippen LogP contribution >= 0.6 is 0 Å². The van der Waals surface area contributed by atoms with Crippen LogP contribution in [0.4, 0.5) is 0 Å². The smallest absolute Gasteiger partial charge is 0.183 e. The summed E-state index contributed by atoms with van der Waals surface area (Å²) in [6.07, 6.45) is 15.8. The molecule has 2 nitrogen and oxygen atoms in total. The maximum atomic E-state index is 14.2. The van der Waals surface area contributed by atoms with Crippen LogP contribution in [-0.4, -0.2) is 5.78 Å². The largest absolute Gasteiger partial charge is 0.377 e. The molecule has 0 spiro atoms. The van der Waals surface area contributed by atoms with Gasteiger partial charge in [-0.3, -0.25) is 4.79 Å². The van der Waals surface area contributed by atoms with Crippen LogP contribution in [0.5, 0.6) is 0 Å². The van der Waals surface area contributed by atoms with Gasteiger partial charge in [-0.2, -0.15) is 0 Å². The highest BCUT2D eigenvalue weighted by Gasteiger charge is 2.31. The first kappa shape index (κ1) is 26.2. The van der Waals surface area contributed by atoms with Gasteiger partial charge < -0.3 is 5.32 Å². The Morgan fingerprint density at radius 2 is 1.11 bits per heavy atom. The third-order valence-electron chi connectivity index (χ3n) is 8.37. The molecular weight excluding hydrogens is 462 g/mol. The van der Waals surface area contributed by atoms with Crippen LogP contribution in [0.2, 0.25) is 0 Å². The van der Waals surface area contributed by atoms with E-state index in [0.717, 1.165) is 36.8 Å². The summed E-state index contributed by atoms with van der Waals surface area (Å²) in [5.74, 6) is 0.923. The monoisotopic (exact) mass is 503 g/mol. The fraction of sp³-hybridized carbons (Fsp3) is 0.361. The van der Waals surface area contributed by atoms with Gasteiger partial charge in [-0.25, -0.2) is 0 Å². The second kappa shape index (κ2) is 13.4. The molecule has 38 heavy (non-hydrogen) atoms. The van der Waals surface area contributed by atoms with Crippen LogP contribution in [-0.2, 0) is 4.79 Å². The zero-order valence-corrected chi connectivity index (χ0v) is 22.5. The molecule has 2 aliphatic rings. The Kier molecular flexibility index (Phi) is 9.26. The van der Waals surface area contributed by atoms with E-state index >= 15 is 0 Å². The van der Waals surface area contributed by atoms with Gasteiger partial charge in [-0.15, -0.1) is 0 Å². The molecule has 2 heteroatoms. The van der Waals surface area contributed by atoms with Crippen LogP contribution < -0.4 is 5.32 Å². The molecule has 2 saturated carbocycles. The number of hydrogen-bond acceptors (Lipinski definition) is 2. The minimum atomic E-state index is 0.0128. The molecule has 0 aliphatic heterocycles. The Balaban J connectivity index is 1.60. The third-order valence-corrected chi connectivity index (χ3v) is 8.37. The SMILES string of the molecule is O=C(/C=C/c1ccccc1)/C(=C(\NC(c1ccccc1)c1ccccc1)C1CCCCC1)C1CCCCC1. The highest BCUT2D eigenvalue weighted by Crippen LogP contribution is 2.39. The quantitative estimate of drug-likeness (QED) is 0.295. The van der Waals surface area contributed by atoms with Crippen molar-refractivity contribution in [3.05, 3.63) is 125 Å². The number of rotatable bonds is 9. The minimum absolute atomic E-state index is 0.0128. The van der Waals surface area contributed by atoms with Gasteiger partial charge >= 0.3 is 0 Å². The van der Waals surface area contributed by atoms with E-state index in [4.69, 9.17) is 0 Å². The van der Waals surface area contributed by atoms with Crippen molar-refractivity contribution < 1.29 is 4.79 Å². The fourth-order valence-electron chi connectivity index (χ4n) is 6.38. The number of hydrogen-bond donors (Lipinski definition) is 1. The van der Waals surface area contributed by atoms with Crippen LogP contribution in [0.3, 0.4) is 0 Å². The molecule has 196 valence electrons. The molecule has 5 rings (SSSR count). The van der Waals surface area contributed by atoms with Gasteiger partial charge in [0.2, 0.25) is 0 Å². The van der Waals surface area contributed by atoms with Crippen molar-refractivity contribution in [1.29, 1.82) is 0 Å². The molecule has 3 aromatic rings. The molecule has 0 unspecified atom stereocenters. The number of nitrogens with one attached hydrogen (secondary N) is 1. The molecule has 0 atom stereocenters. The molecule has 0 amide bonds. The predicted octanol–water partition coefficient (Wildman–Crippen LogP) is 9.06. The second-order valence-corrected chi connectivity index (χ2v) is 11.0. The lowest BCUT2D eigenvalue weighted by Gasteiger charge is -2.34. The first-order chi connectivity index (χ1) is 18.8. The molecule has 0 heterocycles. The summed E-state index contributed by atoms with van der Waals surface area (Å²) in [5.41, 5.74) is 5.82. The van der Waals surface area contributed by atoms with Gasteiger partial charge in [-0.05, 0) is 60.3 Å². The minimum Gasteiger partial charge on any atom is -0.377 e. The Bertz CT molecular complexity index is 1160. The van der Waals surface area contributed by atoms with Crippen LogP contribution in [0.15, 0.2) is 108 Å². The Morgan fingerprint density at radius 3 is 1.63 bits per heavy atom. The Hall–Kier alpha value is -3.39. The lowest BCUT2D eigenvalue weighted by molar-refractivity contribution is -0.112. The van der Waals surface area contributed by atoms with Gasteiger partial charge in [0.15, 0.2) is 5.78 Å². The van der Waals surface area contributed by atoms with E-state index in [1.54, 1.807) is 0 Å². The van der Waals surface area contributed by atoms with Gasteiger partial charge in [0.05, 0.1) is 6.04 Å². The fourth-order valence-corrected chi connectivity index (χ4v) is 6.38. The van der Waals surface area contributed by atoms with Crippen LogP contribution in [0.25, 0.3) is 6.08 Å². The summed E-state index contributed by atoms with van der Waals surface area (Å²) in [4.78, 5) is 14.2. The molecule has 2 fully saturated rings. The maximum absolute atomic E-state index is 14.2. The predicted molar refractivity (Wildman–Crippen MR) is 159 cm³/mol. The van der Waals surface area contributed by atoms with Crippen molar-refractivity contribution in [3.63, 3.8) is 0 Å². The van der Waals surface area contributed by atoms with E-state index in [9.17, 15) is 4.79 Å². The third kappa shape index (κ3) is 6.72. The zero-order chi connectivity index (χ0) is 26.0. The van der Waals surface area contributed by atoms with Crippen molar-refractivity contribution in [2.24, 2.45) is 11.8 Å². The molecule has 3 aromatic carbocycles. The van der Waals surface area contributed by atoms with Crippen molar-refractivity contribution in [2.45, 2.75) is 70.3 Å². The Labute approximate surface area is 228 Å². The highest BCUT2D eigenvalue weighted by molar-refractivity contribution is 6.07. The molecule has 1 N–H and O–H groups in total. The lowest BCUT2D eigenvalue weighted by atomic mass is 9.76. The number of carbonyl (C=O) groups excluding carboxylic acids is 1. The normalized spacial score (nSPS) is 17.9. The summed E-state index contributed by atoms with van der Waals surface area (Å²) >= 11 is 0. The number of ketones is 1. The number of benzene rings is 3. The van der Waals surface area contributed by atoms with Crippen molar-refractivity contribution in [1.82, 2.24) is 5.32 Å². The molecule has 0 aromatic heterocycles. The topological polar surface area (TPSA) is 29.1 Å². The van der Waals surface area contributed by atoms with Crippen molar-refractivity contribution in [2.75, 3.05) is 0 Å². The lowest BCUT2D eigenvalue weighted by Crippen LogP contribution is -2.32. The van der Waals surface area contributed by atoms with E-state index in [1.807, 2.05) is 30.4 Å². The van der Waals surface area contributed by atoms with E-state index in [0.29, 0.717) is 11.8 Å². The Morgan fingerprint density at radius 1 is 0.632 bits per heavy atom. The van der Waals surface area contributed by atoms with Crippen molar-refractivity contribution in [3.8, 4) is 0 Å². The average Bonchev–Trinajstić information content (AvgIpc) is 3.00. The van der Waals surface area contributed by atoms with E-state index in [-0.39, 0.29) is 11.8 Å². The first-order valence-electron chi connectivity index (χ1n) is 14.7. The molecule has 2 aliphatic carbocycles. The molecular formula is C36H41NO. The standard InChI is InChI=1S/C36H41NO/c38-33(27-26-28-16-6-1-7-17-28)34(29-18-8-2-9-19-29)36(32-24-14-5-15-25-32)37-35(30-20-10-3-11-21-30)31-22-12-4-13-23-31/h1,3-4,6-7,10-13,16-17,20-23,26-27,29,32,35,37H,2,5,8-9,14-15,18-19,24-25H2/b27-26+,36-34-. The van der Waals surface area contributed by atoms with E-state index in [1.165, 1.54) is 55.3 Å². The average molecular weight is 504 g/mol.